The lowest BCUT2D eigenvalue weighted by Gasteiger charge is -2.30. The molecule has 150 valence electrons. The molecule has 0 heterocycles. The number of methoxy groups -OCH3 is 1. The third kappa shape index (κ3) is 5.28. The van der Waals surface area contributed by atoms with E-state index >= 15 is 0 Å². The highest BCUT2D eigenvalue weighted by Crippen LogP contribution is 2.21. The van der Waals surface area contributed by atoms with Gasteiger partial charge in [0, 0.05) is 6.54 Å². The minimum absolute atomic E-state index is 0.0424. The number of hydrogen-bond donors (Lipinski definition) is 1. The maximum absolute atomic E-state index is 13.2. The van der Waals surface area contributed by atoms with Gasteiger partial charge in [-0.15, -0.1) is 0 Å². The van der Waals surface area contributed by atoms with Gasteiger partial charge in [0.25, 0.3) is 0 Å². The van der Waals surface area contributed by atoms with E-state index < -0.39 is 28.1 Å². The maximum Gasteiger partial charge on any atom is 0.326 e. The molecule has 0 radical (unpaired) electrons. The minimum atomic E-state index is -4.05. The van der Waals surface area contributed by atoms with Crippen LogP contribution in [0.5, 0.6) is 0 Å². The Morgan fingerprint density at radius 3 is 2.29 bits per heavy atom. The molecular formula is C21H25NO5S. The van der Waals surface area contributed by atoms with Crippen LogP contribution >= 0.6 is 0 Å². The monoisotopic (exact) mass is 403 g/mol. The highest BCUT2D eigenvalue weighted by molar-refractivity contribution is 7.89. The zero-order valence-electron chi connectivity index (χ0n) is 16.1. The van der Waals surface area contributed by atoms with E-state index in [9.17, 15) is 18.3 Å². The number of aryl methyl sites for hydroxylation is 1. The first-order valence-electron chi connectivity index (χ1n) is 8.83. The molecule has 0 saturated carbocycles. The van der Waals surface area contributed by atoms with Crippen LogP contribution in [0.2, 0.25) is 0 Å². The molecule has 0 fully saturated rings. The van der Waals surface area contributed by atoms with Crippen LogP contribution in [-0.4, -0.2) is 49.6 Å². The number of sulfonamides is 1. The molecule has 0 aliphatic heterocycles. The highest BCUT2D eigenvalue weighted by Gasteiger charge is 2.39. The van der Waals surface area contributed by atoms with Gasteiger partial charge in [0.15, 0.2) is 0 Å². The van der Waals surface area contributed by atoms with Crippen molar-refractivity contribution in [2.45, 2.75) is 30.9 Å². The summed E-state index contributed by atoms with van der Waals surface area (Å²) in [6.45, 7) is 3.11. The average molecular weight is 404 g/mol. The molecule has 0 aromatic heterocycles. The summed E-state index contributed by atoms with van der Waals surface area (Å²) in [5.74, 6) is -0.821. The SMILES string of the molecule is COC(=O)[C@H]([C@@H](C)O)N(C/C=C/c1ccccc1)S(=O)(=O)c1ccc(C)cc1. The van der Waals surface area contributed by atoms with Crippen molar-refractivity contribution in [3.8, 4) is 0 Å². The second-order valence-corrected chi connectivity index (χ2v) is 8.30. The van der Waals surface area contributed by atoms with E-state index in [0.717, 1.165) is 22.5 Å². The Labute approximate surface area is 166 Å². The van der Waals surface area contributed by atoms with Gasteiger partial charge in [-0.3, -0.25) is 4.79 Å². The first kappa shape index (κ1) is 21.8. The van der Waals surface area contributed by atoms with Gasteiger partial charge >= 0.3 is 5.97 Å². The highest BCUT2D eigenvalue weighted by atomic mass is 32.2. The molecule has 2 aromatic rings. The lowest BCUT2D eigenvalue weighted by Crippen LogP contribution is -2.51. The molecule has 0 bridgehead atoms. The number of benzene rings is 2. The second-order valence-electron chi connectivity index (χ2n) is 6.41. The summed E-state index contributed by atoms with van der Waals surface area (Å²) in [6, 6.07) is 14.3. The lowest BCUT2D eigenvalue weighted by atomic mass is 10.2. The fourth-order valence-electron chi connectivity index (χ4n) is 2.74. The number of rotatable bonds is 8. The number of ether oxygens (including phenoxy) is 1. The van der Waals surface area contributed by atoms with E-state index in [4.69, 9.17) is 4.74 Å². The molecule has 0 unspecified atom stereocenters. The predicted octanol–water partition coefficient (Wildman–Crippen LogP) is 2.62. The molecule has 0 saturated heterocycles. The van der Waals surface area contributed by atoms with Gasteiger partial charge in [-0.05, 0) is 31.5 Å². The molecule has 0 aliphatic rings. The number of hydrogen-bond acceptors (Lipinski definition) is 5. The van der Waals surface area contributed by atoms with Crippen molar-refractivity contribution in [3.05, 3.63) is 71.8 Å². The van der Waals surface area contributed by atoms with Crippen molar-refractivity contribution in [1.82, 2.24) is 4.31 Å². The summed E-state index contributed by atoms with van der Waals surface area (Å²) in [5, 5.41) is 10.1. The summed E-state index contributed by atoms with van der Waals surface area (Å²) < 4.78 is 32.2. The van der Waals surface area contributed by atoms with Crippen LogP contribution in [-0.2, 0) is 19.6 Å². The first-order valence-corrected chi connectivity index (χ1v) is 10.3. The van der Waals surface area contributed by atoms with Crippen molar-refractivity contribution in [3.63, 3.8) is 0 Å². The summed E-state index contributed by atoms with van der Waals surface area (Å²) >= 11 is 0. The van der Waals surface area contributed by atoms with E-state index in [1.165, 1.54) is 19.1 Å². The first-order chi connectivity index (χ1) is 13.3. The molecule has 2 rings (SSSR count). The average Bonchev–Trinajstić information content (AvgIpc) is 2.67. The standard InChI is InChI=1S/C21H25NO5S/c1-16-11-13-19(14-12-16)28(25,26)22(20(17(2)23)21(24)27-3)15-7-10-18-8-5-4-6-9-18/h4-14,17,20,23H,15H2,1-3H3/b10-7+/t17-,20+/m1/s1. The maximum atomic E-state index is 13.2. The molecule has 0 spiro atoms. The Morgan fingerprint density at radius 2 is 1.75 bits per heavy atom. The van der Waals surface area contributed by atoms with Crippen molar-refractivity contribution in [1.29, 1.82) is 0 Å². The molecule has 0 aliphatic carbocycles. The van der Waals surface area contributed by atoms with Crippen LogP contribution in [0.15, 0.2) is 65.6 Å². The van der Waals surface area contributed by atoms with E-state index in [1.807, 2.05) is 37.3 Å². The topological polar surface area (TPSA) is 83.9 Å². The van der Waals surface area contributed by atoms with Gasteiger partial charge in [0.1, 0.15) is 6.04 Å². The predicted molar refractivity (Wildman–Crippen MR) is 108 cm³/mol. The van der Waals surface area contributed by atoms with Crippen LogP contribution in [0.4, 0.5) is 0 Å². The Kier molecular flexibility index (Phi) is 7.51. The lowest BCUT2D eigenvalue weighted by molar-refractivity contribution is -0.148. The van der Waals surface area contributed by atoms with E-state index in [0.29, 0.717) is 0 Å². The molecular weight excluding hydrogens is 378 g/mol. The molecule has 2 atom stereocenters. The number of aliphatic hydroxyl groups is 1. The largest absolute Gasteiger partial charge is 0.468 e. The van der Waals surface area contributed by atoms with Gasteiger partial charge in [-0.2, -0.15) is 4.31 Å². The van der Waals surface area contributed by atoms with Crippen LogP contribution in [0.25, 0.3) is 6.08 Å². The third-order valence-corrected chi connectivity index (χ3v) is 6.09. The molecule has 2 aromatic carbocycles. The van der Waals surface area contributed by atoms with Crippen LogP contribution in [0, 0.1) is 6.92 Å². The van der Waals surface area contributed by atoms with Gasteiger partial charge in [-0.1, -0.05) is 60.2 Å². The molecule has 7 heteroatoms. The number of nitrogens with zero attached hydrogens (tertiary/aromatic N) is 1. The zero-order valence-corrected chi connectivity index (χ0v) is 17.0. The number of carbonyl (C=O) groups is 1. The van der Waals surface area contributed by atoms with Crippen molar-refractivity contribution >= 4 is 22.1 Å². The fourth-order valence-corrected chi connectivity index (χ4v) is 4.33. The van der Waals surface area contributed by atoms with Gasteiger partial charge in [0.05, 0.1) is 18.1 Å². The number of esters is 1. The van der Waals surface area contributed by atoms with Gasteiger partial charge < -0.3 is 9.84 Å². The van der Waals surface area contributed by atoms with E-state index in [1.54, 1.807) is 24.3 Å². The van der Waals surface area contributed by atoms with E-state index in [-0.39, 0.29) is 11.4 Å². The van der Waals surface area contributed by atoms with Crippen molar-refractivity contribution in [2.75, 3.05) is 13.7 Å². The number of aliphatic hydroxyl groups excluding tert-OH is 1. The Balaban J connectivity index is 2.43. The Hall–Kier alpha value is -2.48. The fraction of sp³-hybridized carbons (Fsp3) is 0.286. The summed E-state index contributed by atoms with van der Waals surface area (Å²) in [4.78, 5) is 12.3. The van der Waals surface area contributed by atoms with Crippen LogP contribution in [0.3, 0.4) is 0 Å². The normalized spacial score (nSPS) is 14.2. The molecule has 0 amide bonds. The Bertz CT molecular complexity index is 906. The summed E-state index contributed by atoms with van der Waals surface area (Å²) in [6.07, 6.45) is 2.14. The van der Waals surface area contributed by atoms with Crippen molar-refractivity contribution < 1.29 is 23.1 Å². The van der Waals surface area contributed by atoms with Crippen molar-refractivity contribution in [2.24, 2.45) is 0 Å². The molecule has 6 nitrogen and oxygen atoms in total. The minimum Gasteiger partial charge on any atom is -0.468 e. The molecule has 1 N–H and O–H groups in total. The van der Waals surface area contributed by atoms with Gasteiger partial charge in [-0.25, -0.2) is 8.42 Å². The second kappa shape index (κ2) is 9.64. The number of carbonyl (C=O) groups excluding carboxylic acids is 1. The van der Waals surface area contributed by atoms with Crippen LogP contribution < -0.4 is 0 Å². The summed E-state index contributed by atoms with van der Waals surface area (Å²) in [7, 11) is -2.89. The Morgan fingerprint density at radius 1 is 1.14 bits per heavy atom. The summed E-state index contributed by atoms with van der Waals surface area (Å²) in [5.41, 5.74) is 1.80. The quantitative estimate of drug-likeness (QED) is 0.685. The van der Waals surface area contributed by atoms with Crippen LogP contribution in [0.1, 0.15) is 18.1 Å². The smallest absolute Gasteiger partial charge is 0.326 e. The van der Waals surface area contributed by atoms with E-state index in [2.05, 4.69) is 0 Å². The zero-order chi connectivity index (χ0) is 20.7. The van der Waals surface area contributed by atoms with Gasteiger partial charge in [0.2, 0.25) is 10.0 Å². The third-order valence-electron chi connectivity index (χ3n) is 4.23. The molecule has 28 heavy (non-hydrogen) atoms.